The Morgan fingerprint density at radius 2 is 2.14 bits per heavy atom. The quantitative estimate of drug-likeness (QED) is 0.855. The first-order valence-corrected chi connectivity index (χ1v) is 7.35. The first-order valence-electron chi connectivity index (χ1n) is 7.35. The van der Waals surface area contributed by atoms with Crippen LogP contribution in [0.3, 0.4) is 0 Å². The second-order valence-electron chi connectivity index (χ2n) is 5.63. The van der Waals surface area contributed by atoms with E-state index in [4.69, 9.17) is 4.52 Å². The van der Waals surface area contributed by atoms with E-state index in [2.05, 4.69) is 32.0 Å². The average molecular weight is 287 g/mol. The molecule has 1 aliphatic heterocycles. The second-order valence-corrected chi connectivity index (χ2v) is 5.63. The van der Waals surface area contributed by atoms with Crippen LogP contribution in [0.5, 0.6) is 0 Å². The number of rotatable bonds is 4. The van der Waals surface area contributed by atoms with Gasteiger partial charge < -0.3 is 9.42 Å². The molecule has 1 saturated heterocycles. The van der Waals surface area contributed by atoms with E-state index in [1.165, 1.54) is 0 Å². The summed E-state index contributed by atoms with van der Waals surface area (Å²) < 4.78 is 4.89. The van der Waals surface area contributed by atoms with Crippen LogP contribution in [0.15, 0.2) is 29.2 Å². The number of aryl methyl sites for hydroxylation is 1. The van der Waals surface area contributed by atoms with Gasteiger partial charge in [-0.05, 0) is 19.8 Å². The number of hydrogen-bond acceptors (Lipinski definition) is 6. The molecule has 0 atom stereocenters. The van der Waals surface area contributed by atoms with Crippen LogP contribution in [0, 0.1) is 6.92 Å². The van der Waals surface area contributed by atoms with Crippen LogP contribution in [0.4, 0.5) is 5.82 Å². The standard InChI is InChI=1S/C15H21N5O/c1-12-9-15(17-11-16-12)19(2)14-3-6-20(7-4-14)10-13-5-8-21-18-13/h5,8-9,11,14H,3-4,6-7,10H2,1-2H3. The van der Waals surface area contributed by atoms with Crippen LogP contribution >= 0.6 is 0 Å². The lowest BCUT2D eigenvalue weighted by Gasteiger charge is -2.37. The van der Waals surface area contributed by atoms with Gasteiger partial charge in [-0.2, -0.15) is 0 Å². The number of likely N-dealkylation sites (tertiary alicyclic amines) is 1. The molecule has 6 heteroatoms. The Kier molecular flexibility index (Phi) is 4.15. The summed E-state index contributed by atoms with van der Waals surface area (Å²) in [4.78, 5) is 13.2. The highest BCUT2D eigenvalue weighted by Crippen LogP contribution is 2.21. The summed E-state index contributed by atoms with van der Waals surface area (Å²) in [5.41, 5.74) is 2.02. The zero-order chi connectivity index (χ0) is 14.7. The molecule has 21 heavy (non-hydrogen) atoms. The van der Waals surface area contributed by atoms with Crippen molar-refractivity contribution in [3.05, 3.63) is 36.1 Å². The smallest absolute Gasteiger partial charge is 0.132 e. The van der Waals surface area contributed by atoms with Gasteiger partial charge in [0, 0.05) is 50.6 Å². The van der Waals surface area contributed by atoms with E-state index in [1.807, 2.05) is 19.1 Å². The van der Waals surface area contributed by atoms with E-state index < -0.39 is 0 Å². The van der Waals surface area contributed by atoms with Gasteiger partial charge in [0.25, 0.3) is 0 Å². The first kappa shape index (κ1) is 14.0. The van der Waals surface area contributed by atoms with Crippen molar-refractivity contribution >= 4 is 5.82 Å². The maximum atomic E-state index is 4.89. The molecular formula is C15H21N5O. The van der Waals surface area contributed by atoms with E-state index >= 15 is 0 Å². The minimum Gasteiger partial charge on any atom is -0.364 e. The lowest BCUT2D eigenvalue weighted by molar-refractivity contribution is 0.198. The summed E-state index contributed by atoms with van der Waals surface area (Å²) in [5, 5.41) is 3.98. The molecule has 3 heterocycles. The number of piperidine rings is 1. The third-order valence-electron chi connectivity index (χ3n) is 4.13. The largest absolute Gasteiger partial charge is 0.364 e. The van der Waals surface area contributed by atoms with Crippen LogP contribution in [-0.4, -0.2) is 46.2 Å². The maximum Gasteiger partial charge on any atom is 0.132 e. The minimum absolute atomic E-state index is 0.535. The molecule has 1 aliphatic rings. The average Bonchev–Trinajstić information content (AvgIpc) is 3.00. The van der Waals surface area contributed by atoms with E-state index in [9.17, 15) is 0 Å². The molecule has 112 valence electrons. The van der Waals surface area contributed by atoms with Gasteiger partial charge in [-0.1, -0.05) is 5.16 Å². The molecule has 0 aliphatic carbocycles. The maximum absolute atomic E-state index is 4.89. The molecule has 0 saturated carbocycles. The molecule has 0 aromatic carbocycles. The summed E-state index contributed by atoms with van der Waals surface area (Å²) in [6.07, 6.45) is 5.54. The third-order valence-corrected chi connectivity index (χ3v) is 4.13. The highest BCUT2D eigenvalue weighted by atomic mass is 16.5. The zero-order valence-corrected chi connectivity index (χ0v) is 12.6. The van der Waals surface area contributed by atoms with Crippen molar-refractivity contribution in [2.24, 2.45) is 0 Å². The van der Waals surface area contributed by atoms with Crippen LogP contribution < -0.4 is 4.90 Å². The molecule has 0 spiro atoms. The zero-order valence-electron chi connectivity index (χ0n) is 12.6. The molecule has 0 unspecified atom stereocenters. The highest BCUT2D eigenvalue weighted by molar-refractivity contribution is 5.39. The van der Waals surface area contributed by atoms with Crippen LogP contribution in [0.2, 0.25) is 0 Å². The van der Waals surface area contributed by atoms with Gasteiger partial charge in [-0.15, -0.1) is 0 Å². The molecule has 3 rings (SSSR count). The highest BCUT2D eigenvalue weighted by Gasteiger charge is 2.23. The fraction of sp³-hybridized carbons (Fsp3) is 0.533. The fourth-order valence-electron chi connectivity index (χ4n) is 2.83. The summed E-state index contributed by atoms with van der Waals surface area (Å²) >= 11 is 0. The van der Waals surface area contributed by atoms with E-state index in [-0.39, 0.29) is 0 Å². The molecule has 0 N–H and O–H groups in total. The Hall–Kier alpha value is -1.95. The lowest BCUT2D eigenvalue weighted by atomic mass is 10.0. The van der Waals surface area contributed by atoms with Crippen molar-refractivity contribution < 1.29 is 4.52 Å². The summed E-state index contributed by atoms with van der Waals surface area (Å²) in [6.45, 7) is 5.02. The lowest BCUT2D eigenvalue weighted by Crippen LogP contribution is -2.43. The molecule has 0 bridgehead atoms. The van der Waals surface area contributed by atoms with Crippen molar-refractivity contribution in [2.45, 2.75) is 32.4 Å². The monoisotopic (exact) mass is 287 g/mol. The summed E-state index contributed by atoms with van der Waals surface area (Å²) in [5.74, 6) is 1.01. The van der Waals surface area contributed by atoms with Crippen molar-refractivity contribution in [3.8, 4) is 0 Å². The van der Waals surface area contributed by atoms with E-state index in [0.29, 0.717) is 6.04 Å². The number of nitrogens with zero attached hydrogens (tertiary/aromatic N) is 5. The molecule has 2 aromatic rings. The molecule has 0 radical (unpaired) electrons. The van der Waals surface area contributed by atoms with Crippen molar-refractivity contribution in [2.75, 3.05) is 25.0 Å². The van der Waals surface area contributed by atoms with E-state index in [0.717, 1.165) is 49.7 Å². The Bertz CT molecular complexity index is 563. The van der Waals surface area contributed by atoms with Gasteiger partial charge >= 0.3 is 0 Å². The summed E-state index contributed by atoms with van der Waals surface area (Å²) in [6, 6.07) is 4.51. The predicted molar refractivity (Wildman–Crippen MR) is 80.0 cm³/mol. The van der Waals surface area contributed by atoms with Crippen LogP contribution in [-0.2, 0) is 6.54 Å². The van der Waals surface area contributed by atoms with Crippen LogP contribution in [0.1, 0.15) is 24.2 Å². The van der Waals surface area contributed by atoms with Gasteiger partial charge in [0.05, 0.1) is 5.69 Å². The Labute approximate surface area is 124 Å². The molecule has 6 nitrogen and oxygen atoms in total. The molecular weight excluding hydrogens is 266 g/mol. The molecule has 0 amide bonds. The number of hydrogen-bond donors (Lipinski definition) is 0. The van der Waals surface area contributed by atoms with Crippen molar-refractivity contribution in [1.82, 2.24) is 20.0 Å². The van der Waals surface area contributed by atoms with Crippen molar-refractivity contribution in [1.29, 1.82) is 0 Å². The molecule has 1 fully saturated rings. The van der Waals surface area contributed by atoms with Gasteiger partial charge in [-0.25, -0.2) is 9.97 Å². The molecule has 2 aromatic heterocycles. The van der Waals surface area contributed by atoms with Gasteiger partial charge in [0.15, 0.2) is 0 Å². The Morgan fingerprint density at radius 3 is 2.81 bits per heavy atom. The van der Waals surface area contributed by atoms with Gasteiger partial charge in [0.1, 0.15) is 18.4 Å². The topological polar surface area (TPSA) is 58.3 Å². The van der Waals surface area contributed by atoms with Crippen LogP contribution in [0.25, 0.3) is 0 Å². The minimum atomic E-state index is 0.535. The van der Waals surface area contributed by atoms with E-state index in [1.54, 1.807) is 12.6 Å². The third kappa shape index (κ3) is 3.39. The predicted octanol–water partition coefficient (Wildman–Crippen LogP) is 1.87. The van der Waals surface area contributed by atoms with Crippen molar-refractivity contribution in [3.63, 3.8) is 0 Å². The fourth-order valence-corrected chi connectivity index (χ4v) is 2.83. The number of anilines is 1. The Morgan fingerprint density at radius 1 is 1.33 bits per heavy atom. The number of aromatic nitrogens is 3. The normalized spacial score (nSPS) is 17.0. The second kappa shape index (κ2) is 6.22. The SMILES string of the molecule is Cc1cc(N(C)C2CCN(Cc3ccon3)CC2)ncn1. The Balaban J connectivity index is 1.55. The summed E-state index contributed by atoms with van der Waals surface area (Å²) in [7, 11) is 2.12. The van der Waals surface area contributed by atoms with Gasteiger partial charge in [0.2, 0.25) is 0 Å². The first-order chi connectivity index (χ1) is 10.2. The van der Waals surface area contributed by atoms with Gasteiger partial charge in [-0.3, -0.25) is 4.90 Å².